The smallest absolute Gasteiger partial charge is 0.147 e. The molecule has 0 N–H and O–H groups in total. The van der Waals surface area contributed by atoms with Crippen molar-refractivity contribution < 1.29 is 0 Å². The minimum Gasteiger partial charge on any atom is -0.315 e. The van der Waals surface area contributed by atoms with Crippen LogP contribution in [0.25, 0.3) is 0 Å². The second kappa shape index (κ2) is 4.89. The van der Waals surface area contributed by atoms with Crippen molar-refractivity contribution >= 4 is 15.9 Å². The Morgan fingerprint density at radius 2 is 2.29 bits per heavy atom. The molecule has 0 bridgehead atoms. The van der Waals surface area contributed by atoms with Gasteiger partial charge in [0.05, 0.1) is 6.54 Å². The van der Waals surface area contributed by atoms with Crippen molar-refractivity contribution in [3.63, 3.8) is 0 Å². The Kier molecular flexibility index (Phi) is 3.53. The maximum Gasteiger partial charge on any atom is 0.147 e. The van der Waals surface area contributed by atoms with Gasteiger partial charge >= 0.3 is 0 Å². The molecule has 78 valence electrons. The van der Waals surface area contributed by atoms with Crippen molar-refractivity contribution in [1.82, 2.24) is 19.7 Å². The number of fused-ring (bicyclic) bond motifs is 1. The van der Waals surface area contributed by atoms with Crippen LogP contribution in [0.5, 0.6) is 0 Å². The molecule has 2 rings (SSSR count). The first-order valence-corrected chi connectivity index (χ1v) is 6.17. The van der Waals surface area contributed by atoms with Crippen molar-refractivity contribution in [2.24, 2.45) is 0 Å². The topological polar surface area (TPSA) is 34.0 Å². The summed E-state index contributed by atoms with van der Waals surface area (Å²) >= 11 is 3.45. The van der Waals surface area contributed by atoms with Crippen molar-refractivity contribution in [3.05, 3.63) is 12.2 Å². The average molecular weight is 259 g/mol. The van der Waals surface area contributed by atoms with Crippen LogP contribution in [0.2, 0.25) is 0 Å². The van der Waals surface area contributed by atoms with E-state index in [-0.39, 0.29) is 0 Å². The molecule has 14 heavy (non-hydrogen) atoms. The third-order valence-electron chi connectivity index (χ3n) is 2.58. The molecule has 0 saturated heterocycles. The predicted octanol–water partition coefficient (Wildman–Crippen LogP) is 1.27. The fraction of sp³-hybridized carbons (Fsp3) is 0.778. The number of nitrogens with zero attached hydrogens (tertiary/aromatic N) is 4. The molecule has 0 unspecified atom stereocenters. The number of hydrogen-bond donors (Lipinski definition) is 0. The summed E-state index contributed by atoms with van der Waals surface area (Å²) in [7, 11) is 0. The van der Waals surface area contributed by atoms with Crippen LogP contribution in [0.15, 0.2) is 6.33 Å². The van der Waals surface area contributed by atoms with Gasteiger partial charge in [0.25, 0.3) is 0 Å². The predicted molar refractivity (Wildman–Crippen MR) is 58.3 cm³/mol. The summed E-state index contributed by atoms with van der Waals surface area (Å²) in [5.74, 6) is 1.11. The lowest BCUT2D eigenvalue weighted by atomic mass is 10.3. The summed E-state index contributed by atoms with van der Waals surface area (Å²) in [5, 5.41) is 9.12. The molecule has 0 atom stereocenters. The van der Waals surface area contributed by atoms with Gasteiger partial charge in [-0.1, -0.05) is 15.9 Å². The fourth-order valence-corrected chi connectivity index (χ4v) is 2.13. The van der Waals surface area contributed by atoms with Gasteiger partial charge in [-0.05, 0) is 19.4 Å². The van der Waals surface area contributed by atoms with Gasteiger partial charge in [0, 0.05) is 18.4 Å². The van der Waals surface area contributed by atoms with Crippen LogP contribution >= 0.6 is 15.9 Å². The van der Waals surface area contributed by atoms with E-state index in [1.165, 1.54) is 19.4 Å². The normalized spacial score (nSPS) is 16.9. The summed E-state index contributed by atoms with van der Waals surface area (Å²) in [6.07, 6.45) is 4.34. The monoisotopic (exact) mass is 258 g/mol. The lowest BCUT2D eigenvalue weighted by Gasteiger charge is -2.26. The summed E-state index contributed by atoms with van der Waals surface area (Å²) in [6.45, 7) is 4.31. The van der Waals surface area contributed by atoms with Crippen molar-refractivity contribution in [2.45, 2.75) is 25.9 Å². The van der Waals surface area contributed by atoms with Crippen LogP contribution in [-0.2, 0) is 13.1 Å². The van der Waals surface area contributed by atoms with E-state index >= 15 is 0 Å². The summed E-state index contributed by atoms with van der Waals surface area (Å²) < 4.78 is 2.14. The molecule has 0 fully saturated rings. The van der Waals surface area contributed by atoms with E-state index in [9.17, 15) is 0 Å². The quantitative estimate of drug-likeness (QED) is 0.603. The van der Waals surface area contributed by atoms with Crippen molar-refractivity contribution in [1.29, 1.82) is 0 Å². The molecule has 1 aromatic heterocycles. The van der Waals surface area contributed by atoms with Crippen LogP contribution in [0, 0.1) is 0 Å². The second-order valence-electron chi connectivity index (χ2n) is 3.61. The molecule has 0 amide bonds. The molecule has 0 aromatic carbocycles. The van der Waals surface area contributed by atoms with Crippen LogP contribution in [-0.4, -0.2) is 38.1 Å². The number of aromatic nitrogens is 3. The highest BCUT2D eigenvalue weighted by Crippen LogP contribution is 2.09. The summed E-state index contributed by atoms with van der Waals surface area (Å²) in [5.41, 5.74) is 0. The van der Waals surface area contributed by atoms with E-state index in [4.69, 9.17) is 0 Å². The van der Waals surface area contributed by atoms with Gasteiger partial charge < -0.3 is 4.57 Å². The first kappa shape index (κ1) is 10.1. The third-order valence-corrected chi connectivity index (χ3v) is 3.14. The van der Waals surface area contributed by atoms with Gasteiger partial charge in [-0.15, -0.1) is 10.2 Å². The zero-order valence-corrected chi connectivity index (χ0v) is 9.78. The fourth-order valence-electron chi connectivity index (χ4n) is 1.74. The molecule has 0 spiro atoms. The van der Waals surface area contributed by atoms with E-state index in [0.717, 1.165) is 30.8 Å². The molecule has 5 heteroatoms. The molecule has 1 aliphatic rings. The molecule has 1 aromatic rings. The van der Waals surface area contributed by atoms with Crippen molar-refractivity contribution in [2.75, 3.05) is 18.4 Å². The van der Waals surface area contributed by atoms with Gasteiger partial charge in [0.2, 0.25) is 0 Å². The molecular formula is C9H15BrN4. The van der Waals surface area contributed by atoms with Crippen molar-refractivity contribution in [3.8, 4) is 0 Å². The standard InChI is InChI=1S/C9H15BrN4/c10-3-1-2-4-13-5-6-14-8-11-12-9(14)7-13/h8H,1-7H2. The molecule has 1 aliphatic heterocycles. The average Bonchev–Trinajstić information content (AvgIpc) is 2.65. The minimum absolute atomic E-state index is 0.961. The highest BCUT2D eigenvalue weighted by molar-refractivity contribution is 9.09. The number of alkyl halides is 1. The van der Waals surface area contributed by atoms with E-state index in [1.54, 1.807) is 0 Å². The number of halogens is 1. The van der Waals surface area contributed by atoms with Crippen LogP contribution in [0.1, 0.15) is 18.7 Å². The summed E-state index contributed by atoms with van der Waals surface area (Å²) in [4.78, 5) is 2.45. The highest BCUT2D eigenvalue weighted by atomic mass is 79.9. The Morgan fingerprint density at radius 3 is 3.14 bits per heavy atom. The number of unbranched alkanes of at least 4 members (excludes halogenated alkanes) is 1. The maximum absolute atomic E-state index is 4.10. The van der Waals surface area contributed by atoms with E-state index in [2.05, 4.69) is 35.6 Å². The Morgan fingerprint density at radius 1 is 1.36 bits per heavy atom. The Hall–Kier alpha value is -0.420. The first-order chi connectivity index (χ1) is 6.90. The minimum atomic E-state index is 0.961. The zero-order chi connectivity index (χ0) is 9.80. The molecule has 4 nitrogen and oxygen atoms in total. The lowest BCUT2D eigenvalue weighted by Crippen LogP contribution is -2.34. The molecule has 0 radical (unpaired) electrons. The van der Waals surface area contributed by atoms with E-state index in [1.807, 2.05) is 6.33 Å². The Balaban J connectivity index is 1.82. The number of hydrogen-bond acceptors (Lipinski definition) is 3. The zero-order valence-electron chi connectivity index (χ0n) is 8.19. The van der Waals surface area contributed by atoms with Crippen LogP contribution in [0.3, 0.4) is 0 Å². The van der Waals surface area contributed by atoms with Gasteiger partial charge in [0.15, 0.2) is 0 Å². The molecule has 0 saturated carbocycles. The second-order valence-corrected chi connectivity index (χ2v) is 4.41. The molecular weight excluding hydrogens is 244 g/mol. The Labute approximate surface area is 92.4 Å². The van der Waals surface area contributed by atoms with Crippen LogP contribution in [0.4, 0.5) is 0 Å². The number of rotatable bonds is 4. The summed E-state index contributed by atoms with van der Waals surface area (Å²) in [6, 6.07) is 0. The van der Waals surface area contributed by atoms with Gasteiger partial charge in [-0.2, -0.15) is 0 Å². The highest BCUT2D eigenvalue weighted by Gasteiger charge is 2.16. The van der Waals surface area contributed by atoms with Crippen LogP contribution < -0.4 is 0 Å². The SMILES string of the molecule is BrCCCCN1CCn2cnnc2C1. The first-order valence-electron chi connectivity index (χ1n) is 5.05. The van der Waals surface area contributed by atoms with E-state index in [0.29, 0.717) is 0 Å². The maximum atomic E-state index is 4.10. The molecule has 2 heterocycles. The van der Waals surface area contributed by atoms with E-state index < -0.39 is 0 Å². The van der Waals surface area contributed by atoms with Gasteiger partial charge in [-0.25, -0.2) is 0 Å². The van der Waals surface area contributed by atoms with Gasteiger partial charge in [-0.3, -0.25) is 4.90 Å². The molecule has 0 aliphatic carbocycles. The Bertz CT molecular complexity index is 286. The largest absolute Gasteiger partial charge is 0.315 e. The van der Waals surface area contributed by atoms with Gasteiger partial charge in [0.1, 0.15) is 12.2 Å². The lowest BCUT2D eigenvalue weighted by molar-refractivity contribution is 0.214. The third kappa shape index (κ3) is 2.33.